The molecule has 2 aromatic carbocycles. The van der Waals surface area contributed by atoms with Crippen molar-refractivity contribution in [3.63, 3.8) is 0 Å². The van der Waals surface area contributed by atoms with Crippen molar-refractivity contribution in [2.45, 2.75) is 33.7 Å². The Morgan fingerprint density at radius 2 is 1.97 bits per heavy atom. The van der Waals surface area contributed by atoms with Gasteiger partial charge in [-0.05, 0) is 35.9 Å². The number of carbonyl (C=O) groups is 2. The summed E-state index contributed by atoms with van der Waals surface area (Å²) in [6, 6.07) is 9.36. The maximum Gasteiger partial charge on any atom is 0.416 e. The van der Waals surface area contributed by atoms with E-state index in [0.717, 1.165) is 23.9 Å². The highest BCUT2D eigenvalue weighted by Crippen LogP contribution is 2.57. The minimum absolute atomic E-state index is 0.00421. The maximum absolute atomic E-state index is 13.3. The number of alkyl halides is 4. The first-order valence-electron chi connectivity index (χ1n) is 8.40. The maximum atomic E-state index is 13.3. The van der Waals surface area contributed by atoms with Crippen LogP contribution in [-0.2, 0) is 21.3 Å². The summed E-state index contributed by atoms with van der Waals surface area (Å²) in [6.07, 6.45) is -4.70. The van der Waals surface area contributed by atoms with Gasteiger partial charge in [-0.15, -0.1) is 23.4 Å². The minimum atomic E-state index is -4.62. The van der Waals surface area contributed by atoms with Gasteiger partial charge in [-0.1, -0.05) is 23.7 Å². The summed E-state index contributed by atoms with van der Waals surface area (Å²) in [5, 5.41) is 7.88. The molecular weight excluding hydrogens is 450 g/mol. The van der Waals surface area contributed by atoms with E-state index < -0.39 is 39.8 Å². The molecule has 1 amide bonds. The molecule has 3 unspecified atom stereocenters. The molecule has 29 heavy (non-hydrogen) atoms. The van der Waals surface area contributed by atoms with Gasteiger partial charge < -0.3 is 5.11 Å². The number of amides is 1. The van der Waals surface area contributed by atoms with Gasteiger partial charge >= 0.3 is 12.1 Å². The highest BCUT2D eigenvalue weighted by atomic mass is 35.5. The predicted octanol–water partition coefficient (Wildman–Crippen LogP) is 5.16. The van der Waals surface area contributed by atoms with Crippen molar-refractivity contribution >= 4 is 52.5 Å². The number of nitrogens with zero attached hydrogens (tertiary/aromatic N) is 1. The lowest BCUT2D eigenvalue weighted by molar-refractivity contribution is -0.138. The molecule has 0 spiro atoms. The van der Waals surface area contributed by atoms with Crippen LogP contribution in [0.15, 0.2) is 47.4 Å². The molecule has 0 saturated carbocycles. The molecule has 1 saturated heterocycles. The van der Waals surface area contributed by atoms with Crippen LogP contribution in [0.5, 0.6) is 0 Å². The first-order valence-corrected chi connectivity index (χ1v) is 10.1. The summed E-state index contributed by atoms with van der Waals surface area (Å²) in [6.45, 7) is 0. The summed E-state index contributed by atoms with van der Waals surface area (Å²) >= 11 is 13.4. The number of aliphatic carboxylic acids is 1. The molecule has 1 N–H and O–H groups in total. The van der Waals surface area contributed by atoms with Crippen molar-refractivity contribution in [1.29, 1.82) is 0 Å². The van der Waals surface area contributed by atoms with Crippen LogP contribution in [-0.4, -0.2) is 27.6 Å². The Bertz CT molecular complexity index is 1030. The average molecular weight is 462 g/mol. The van der Waals surface area contributed by atoms with Gasteiger partial charge in [-0.3, -0.25) is 14.5 Å². The topological polar surface area (TPSA) is 57.6 Å². The summed E-state index contributed by atoms with van der Waals surface area (Å²) < 4.78 is 39.9. The molecule has 0 radical (unpaired) electrons. The summed E-state index contributed by atoms with van der Waals surface area (Å²) in [4.78, 5) is 26.1. The van der Waals surface area contributed by atoms with Gasteiger partial charge in [-0.25, -0.2) is 0 Å². The van der Waals surface area contributed by atoms with E-state index in [1.54, 1.807) is 24.3 Å². The third-order valence-electron chi connectivity index (χ3n) is 5.15. The molecule has 10 heteroatoms. The molecule has 0 bridgehead atoms. The van der Waals surface area contributed by atoms with E-state index in [-0.39, 0.29) is 17.0 Å². The first kappa shape index (κ1) is 20.4. The Morgan fingerprint density at radius 1 is 1.24 bits per heavy atom. The molecule has 4 nitrogen and oxygen atoms in total. The number of benzene rings is 2. The van der Waals surface area contributed by atoms with E-state index in [0.29, 0.717) is 10.6 Å². The van der Waals surface area contributed by atoms with Crippen molar-refractivity contribution in [3.8, 4) is 0 Å². The summed E-state index contributed by atoms with van der Waals surface area (Å²) in [5.74, 6) is -1.73. The number of thioether (sulfide) groups is 1. The third-order valence-corrected chi connectivity index (χ3v) is 7.18. The normalized spacial score (nSPS) is 26.2. The Balaban J connectivity index is 1.97. The smallest absolute Gasteiger partial charge is 0.416 e. The summed E-state index contributed by atoms with van der Waals surface area (Å²) in [5.41, 5.74) is -1.79. The molecular formula is C19H12Cl2F3NO3S. The van der Waals surface area contributed by atoms with Gasteiger partial charge in [0.25, 0.3) is 0 Å². The van der Waals surface area contributed by atoms with Crippen molar-refractivity contribution < 1.29 is 27.9 Å². The van der Waals surface area contributed by atoms with Crippen LogP contribution < -0.4 is 4.90 Å². The monoisotopic (exact) mass is 461 g/mol. The van der Waals surface area contributed by atoms with Crippen LogP contribution in [0, 0.1) is 0 Å². The Morgan fingerprint density at radius 3 is 2.59 bits per heavy atom. The number of fused-ring (bicyclic) bond motifs is 3. The minimum Gasteiger partial charge on any atom is -0.480 e. The van der Waals surface area contributed by atoms with Crippen LogP contribution in [0.2, 0.25) is 5.02 Å². The fraction of sp³-hybridized carbons (Fsp3) is 0.263. The van der Waals surface area contributed by atoms with Crippen molar-refractivity contribution in [2.24, 2.45) is 0 Å². The second-order valence-corrected chi connectivity index (χ2v) is 8.92. The van der Waals surface area contributed by atoms with Gasteiger partial charge in [0, 0.05) is 16.3 Å². The van der Waals surface area contributed by atoms with Crippen LogP contribution in [0.25, 0.3) is 0 Å². The average Bonchev–Trinajstić information content (AvgIpc) is 2.79. The van der Waals surface area contributed by atoms with Crippen molar-refractivity contribution in [1.82, 2.24) is 0 Å². The third kappa shape index (κ3) is 3.08. The number of anilines is 1. The standard InChI is InChI=1S/C19H12Cl2F3NO3S/c20-11-3-1-2-9(6-11)18-8-14(17(27)28)29-13-5-4-10(19(22,23)24)7-12(13)25(18)16(26)15(18)21/h1-7,14-15H,8H2,(H,27,28). The molecule has 1 fully saturated rings. The zero-order valence-corrected chi connectivity index (χ0v) is 16.7. The zero-order chi connectivity index (χ0) is 21.1. The molecule has 2 aliphatic rings. The highest BCUT2D eigenvalue weighted by molar-refractivity contribution is 8.00. The van der Waals surface area contributed by atoms with Gasteiger partial charge in [0.05, 0.1) is 16.8 Å². The number of halogens is 5. The lowest BCUT2D eigenvalue weighted by Gasteiger charge is -2.55. The lowest BCUT2D eigenvalue weighted by atomic mass is 9.73. The largest absolute Gasteiger partial charge is 0.480 e. The van der Waals surface area contributed by atoms with E-state index in [1.807, 2.05) is 0 Å². The SMILES string of the molecule is O=C(O)C1CC2(c3cccc(Cl)c3)C(Cl)C(=O)N2c2cc(C(F)(F)F)ccc2S1. The Labute approximate surface area is 177 Å². The predicted molar refractivity (Wildman–Crippen MR) is 104 cm³/mol. The second kappa shape index (κ2) is 6.82. The Hall–Kier alpha value is -1.90. The van der Waals surface area contributed by atoms with E-state index in [9.17, 15) is 27.9 Å². The number of carbonyl (C=O) groups excluding carboxylic acids is 1. The van der Waals surface area contributed by atoms with Crippen LogP contribution in [0.4, 0.5) is 18.9 Å². The fourth-order valence-corrected chi connectivity index (χ4v) is 5.59. The van der Waals surface area contributed by atoms with Crippen molar-refractivity contribution in [3.05, 3.63) is 58.6 Å². The van der Waals surface area contributed by atoms with Gasteiger partial charge in [0.15, 0.2) is 0 Å². The molecule has 2 heterocycles. The zero-order valence-electron chi connectivity index (χ0n) is 14.4. The number of carboxylic acids is 1. The van der Waals surface area contributed by atoms with Gasteiger partial charge in [0.1, 0.15) is 10.6 Å². The molecule has 3 atom stereocenters. The molecule has 0 aromatic heterocycles. The molecule has 0 aliphatic carbocycles. The number of carboxylic acid groups (broad SMARTS) is 1. The van der Waals surface area contributed by atoms with E-state index in [4.69, 9.17) is 23.2 Å². The quantitative estimate of drug-likeness (QED) is 0.495. The van der Waals surface area contributed by atoms with E-state index >= 15 is 0 Å². The lowest BCUT2D eigenvalue weighted by Crippen LogP contribution is -2.71. The molecule has 152 valence electrons. The summed E-state index contributed by atoms with van der Waals surface area (Å²) in [7, 11) is 0. The van der Waals surface area contributed by atoms with E-state index in [1.165, 1.54) is 11.0 Å². The molecule has 2 aliphatic heterocycles. The first-order chi connectivity index (χ1) is 13.6. The van der Waals surface area contributed by atoms with E-state index in [2.05, 4.69) is 0 Å². The number of rotatable bonds is 2. The van der Waals surface area contributed by atoms with Crippen LogP contribution in [0.3, 0.4) is 0 Å². The molecule has 2 aromatic rings. The Kier molecular flexibility index (Phi) is 4.79. The van der Waals surface area contributed by atoms with Gasteiger partial charge in [0.2, 0.25) is 5.91 Å². The van der Waals surface area contributed by atoms with Gasteiger partial charge in [-0.2, -0.15) is 13.2 Å². The highest BCUT2D eigenvalue weighted by Gasteiger charge is 2.64. The van der Waals surface area contributed by atoms with Crippen molar-refractivity contribution in [2.75, 3.05) is 4.90 Å². The number of hydrogen-bond acceptors (Lipinski definition) is 3. The number of β-lactam (4-membered cyclic amide) rings is 1. The molecule has 4 rings (SSSR count). The van der Waals surface area contributed by atoms with Crippen LogP contribution >= 0.6 is 35.0 Å². The fourth-order valence-electron chi connectivity index (χ4n) is 3.82. The second-order valence-electron chi connectivity index (χ2n) is 6.80. The number of hydrogen-bond donors (Lipinski definition) is 1. The van der Waals surface area contributed by atoms with Crippen LogP contribution in [0.1, 0.15) is 17.5 Å².